The van der Waals surface area contributed by atoms with Gasteiger partial charge >= 0.3 is 12.1 Å². The minimum atomic E-state index is -5.01. The maximum absolute atomic E-state index is 14.3. The Labute approximate surface area is 227 Å². The lowest BCUT2D eigenvalue weighted by molar-refractivity contribution is -0.186. The Kier molecular flexibility index (Phi) is 7.78. The smallest absolute Gasteiger partial charge is 0.359 e. The first-order valence-electron chi connectivity index (χ1n) is 11.1. The first-order valence-corrected chi connectivity index (χ1v) is 14.9. The molecule has 1 saturated heterocycles. The van der Waals surface area contributed by atoms with Crippen LogP contribution in [0.25, 0.3) is 22.0 Å². The number of nitrogens with one attached hydrogen (secondary N) is 1. The van der Waals surface area contributed by atoms with Crippen LogP contribution in [0.1, 0.15) is 6.92 Å². The zero-order valence-electron chi connectivity index (χ0n) is 19.8. The van der Waals surface area contributed by atoms with Crippen molar-refractivity contribution in [3.05, 3.63) is 46.6 Å². The van der Waals surface area contributed by atoms with E-state index in [0.29, 0.717) is 31.4 Å². The summed E-state index contributed by atoms with van der Waals surface area (Å²) in [6.07, 6.45) is -3.53. The molecule has 1 amide bonds. The van der Waals surface area contributed by atoms with Crippen LogP contribution in [-0.2, 0) is 24.7 Å². The van der Waals surface area contributed by atoms with E-state index in [1.807, 2.05) is 0 Å². The van der Waals surface area contributed by atoms with E-state index < -0.39 is 32.0 Å². The maximum atomic E-state index is 14.3. The van der Waals surface area contributed by atoms with Crippen molar-refractivity contribution in [3.63, 3.8) is 0 Å². The second-order valence-corrected chi connectivity index (χ2v) is 12.9. The first-order chi connectivity index (χ1) is 17.7. The molecular formula is C22H22Cl2F3N5O4S2. The summed E-state index contributed by atoms with van der Waals surface area (Å²) in [5.41, 5.74) is 0.888. The van der Waals surface area contributed by atoms with E-state index in [2.05, 4.69) is 9.35 Å². The van der Waals surface area contributed by atoms with E-state index in [1.54, 1.807) is 13.0 Å². The van der Waals surface area contributed by atoms with Gasteiger partial charge in [-0.15, -0.1) is 0 Å². The van der Waals surface area contributed by atoms with E-state index in [4.69, 9.17) is 28.3 Å². The molecule has 1 fully saturated rings. The van der Waals surface area contributed by atoms with Gasteiger partial charge < -0.3 is 9.88 Å². The quantitative estimate of drug-likeness (QED) is 0.446. The fourth-order valence-corrected chi connectivity index (χ4v) is 7.75. The number of aromatic amines is 1. The van der Waals surface area contributed by atoms with Crippen molar-refractivity contribution >= 4 is 60.0 Å². The number of hydrogen-bond acceptors (Lipinski definition) is 5. The van der Waals surface area contributed by atoms with Gasteiger partial charge in [-0.1, -0.05) is 29.3 Å². The van der Waals surface area contributed by atoms with Crippen LogP contribution in [0.3, 0.4) is 0 Å². The SMILES string of the molecule is CCN=S(=O)(c1ccc(S(N)(=O)=O)c(-c2ccc(Cl)c3c(Cl)c[nH]c23)c1)N1CCN(C(=O)C(F)(F)F)CC1. The minimum absolute atomic E-state index is 0.101. The number of halogens is 5. The van der Waals surface area contributed by atoms with Gasteiger partial charge in [0.05, 0.1) is 25.4 Å². The van der Waals surface area contributed by atoms with Gasteiger partial charge in [0.1, 0.15) is 9.92 Å². The second-order valence-electron chi connectivity index (χ2n) is 8.35. The van der Waals surface area contributed by atoms with Gasteiger partial charge in [0.2, 0.25) is 10.0 Å². The van der Waals surface area contributed by atoms with Crippen LogP contribution >= 0.6 is 23.2 Å². The van der Waals surface area contributed by atoms with E-state index in [9.17, 15) is 30.6 Å². The number of piperazine rings is 1. The molecule has 3 aromatic rings. The molecule has 1 atom stereocenters. The number of amides is 1. The highest BCUT2D eigenvalue weighted by molar-refractivity contribution is 7.91. The minimum Gasteiger partial charge on any atom is -0.359 e. The first kappa shape index (κ1) is 28.6. The van der Waals surface area contributed by atoms with Gasteiger partial charge in [-0.25, -0.2) is 26.4 Å². The topological polar surface area (TPSA) is 129 Å². The zero-order chi connectivity index (χ0) is 28.0. The monoisotopic (exact) mass is 611 g/mol. The van der Waals surface area contributed by atoms with E-state index in [0.717, 1.165) is 0 Å². The fourth-order valence-electron chi connectivity index (χ4n) is 4.32. The van der Waals surface area contributed by atoms with Crippen LogP contribution in [0.2, 0.25) is 10.0 Å². The molecule has 4 rings (SSSR count). The van der Waals surface area contributed by atoms with Crippen LogP contribution in [0.15, 0.2) is 50.7 Å². The van der Waals surface area contributed by atoms with E-state index in [1.165, 1.54) is 34.8 Å². The third-order valence-corrected chi connectivity index (χ3v) is 10.1. The number of aromatic nitrogens is 1. The van der Waals surface area contributed by atoms with E-state index in [-0.39, 0.29) is 48.1 Å². The van der Waals surface area contributed by atoms with Crippen molar-refractivity contribution in [1.29, 1.82) is 0 Å². The Balaban J connectivity index is 1.84. The Bertz CT molecular complexity index is 1640. The number of nitrogens with two attached hydrogens (primary N) is 1. The molecule has 0 radical (unpaired) electrons. The lowest BCUT2D eigenvalue weighted by Gasteiger charge is -2.36. The highest BCUT2D eigenvalue weighted by Crippen LogP contribution is 2.40. The van der Waals surface area contributed by atoms with Crippen molar-refractivity contribution in [2.45, 2.75) is 22.9 Å². The molecule has 0 bridgehead atoms. The molecule has 1 unspecified atom stereocenters. The molecular weight excluding hydrogens is 590 g/mol. The Morgan fingerprint density at radius 2 is 1.71 bits per heavy atom. The van der Waals surface area contributed by atoms with Gasteiger partial charge in [-0.2, -0.15) is 13.2 Å². The van der Waals surface area contributed by atoms with Crippen LogP contribution in [-0.4, -0.2) is 71.6 Å². The molecule has 38 heavy (non-hydrogen) atoms. The van der Waals surface area contributed by atoms with Crippen molar-refractivity contribution in [1.82, 2.24) is 14.2 Å². The van der Waals surface area contributed by atoms with Crippen LogP contribution in [0.5, 0.6) is 0 Å². The zero-order valence-corrected chi connectivity index (χ0v) is 22.9. The van der Waals surface area contributed by atoms with Crippen molar-refractivity contribution in [3.8, 4) is 11.1 Å². The number of nitrogens with zero attached hydrogens (tertiary/aromatic N) is 3. The third-order valence-electron chi connectivity index (χ3n) is 6.01. The number of sulfonamides is 1. The number of carbonyl (C=O) groups is 1. The predicted molar refractivity (Wildman–Crippen MR) is 139 cm³/mol. The number of carbonyl (C=O) groups excluding carboxylic acids is 1. The molecule has 206 valence electrons. The van der Waals surface area contributed by atoms with E-state index >= 15 is 0 Å². The molecule has 0 saturated carbocycles. The van der Waals surface area contributed by atoms with Gasteiger partial charge in [-0.3, -0.25) is 4.79 Å². The number of hydrogen-bond donors (Lipinski definition) is 2. The van der Waals surface area contributed by atoms with Crippen LogP contribution < -0.4 is 5.14 Å². The second kappa shape index (κ2) is 10.3. The summed E-state index contributed by atoms with van der Waals surface area (Å²) in [6.45, 7) is 0.837. The van der Waals surface area contributed by atoms with Crippen LogP contribution in [0.4, 0.5) is 13.2 Å². The summed E-state index contributed by atoms with van der Waals surface area (Å²) in [7, 11) is -7.66. The number of rotatable bonds is 5. The number of benzene rings is 2. The number of fused-ring (bicyclic) bond motifs is 1. The standard InChI is InChI=1S/C22H22Cl2F3N5O4S2/c1-2-30-38(36,32-9-7-31(8-10-32)21(33)22(25,26)27)13-3-6-18(37(28,34)35)15(11-13)14-4-5-16(23)19-17(24)12-29-20(14)19/h3-6,11-12,29H,2,7-10H2,1H3,(H2,28,34,35). The number of alkyl halides is 3. The lowest BCUT2D eigenvalue weighted by Crippen LogP contribution is -2.53. The molecule has 1 aliphatic heterocycles. The molecule has 2 heterocycles. The summed E-state index contributed by atoms with van der Waals surface area (Å²) >= 11 is 12.5. The van der Waals surface area contributed by atoms with Gasteiger partial charge in [0.25, 0.3) is 0 Å². The number of primary sulfonamides is 1. The number of H-pyrrole nitrogens is 1. The summed E-state index contributed by atoms with van der Waals surface area (Å²) in [5, 5.41) is 6.56. The van der Waals surface area contributed by atoms with Gasteiger partial charge in [0.15, 0.2) is 0 Å². The predicted octanol–water partition coefficient (Wildman–Crippen LogP) is 4.26. The highest BCUT2D eigenvalue weighted by Gasteiger charge is 2.44. The molecule has 9 nitrogen and oxygen atoms in total. The van der Waals surface area contributed by atoms with Gasteiger partial charge in [-0.05, 0) is 31.2 Å². The maximum Gasteiger partial charge on any atom is 0.471 e. The largest absolute Gasteiger partial charge is 0.471 e. The van der Waals surface area contributed by atoms with Crippen molar-refractivity contribution < 1.29 is 30.6 Å². The molecule has 3 N–H and O–H groups in total. The third kappa shape index (κ3) is 5.25. The van der Waals surface area contributed by atoms with Gasteiger partial charge in [0, 0.05) is 55.4 Å². The van der Waals surface area contributed by atoms with Crippen molar-refractivity contribution in [2.75, 3.05) is 32.7 Å². The lowest BCUT2D eigenvalue weighted by atomic mass is 10.0. The Hall–Kier alpha value is -2.36. The summed E-state index contributed by atoms with van der Waals surface area (Å²) in [6, 6.07) is 6.99. The summed E-state index contributed by atoms with van der Waals surface area (Å²) in [5.74, 6) is -1.97. The average Bonchev–Trinajstić information content (AvgIpc) is 3.25. The molecule has 1 aliphatic rings. The molecule has 2 aromatic carbocycles. The summed E-state index contributed by atoms with van der Waals surface area (Å²) in [4.78, 5) is 15.1. The highest BCUT2D eigenvalue weighted by atomic mass is 35.5. The normalized spacial score (nSPS) is 17.0. The molecule has 0 spiro atoms. The van der Waals surface area contributed by atoms with Crippen molar-refractivity contribution in [2.24, 2.45) is 9.50 Å². The average molecular weight is 612 g/mol. The van der Waals surface area contributed by atoms with Crippen LogP contribution in [0, 0.1) is 0 Å². The molecule has 1 aromatic heterocycles. The molecule has 0 aliphatic carbocycles. The Morgan fingerprint density at radius 1 is 1.05 bits per heavy atom. The molecule has 16 heteroatoms. The summed E-state index contributed by atoms with van der Waals surface area (Å²) < 4.78 is 83.5. The Morgan fingerprint density at radius 3 is 2.29 bits per heavy atom. The fraction of sp³-hybridized carbons (Fsp3) is 0.318.